The quantitative estimate of drug-likeness (QED) is 0.776. The summed E-state index contributed by atoms with van der Waals surface area (Å²) in [5.74, 6) is -1.39. The Kier molecular flexibility index (Phi) is 4.92. The molecule has 0 spiro atoms. The maximum Gasteiger partial charge on any atom is 0.389 e. The molecule has 0 aromatic rings. The lowest BCUT2D eigenvalue weighted by atomic mass is 10.1. The van der Waals surface area contributed by atoms with Crippen molar-refractivity contribution in [1.29, 1.82) is 0 Å². The van der Waals surface area contributed by atoms with E-state index in [2.05, 4.69) is 0 Å². The van der Waals surface area contributed by atoms with E-state index in [9.17, 15) is 18.0 Å². The van der Waals surface area contributed by atoms with Gasteiger partial charge in [-0.15, -0.1) is 0 Å². The predicted octanol–water partition coefficient (Wildman–Crippen LogP) is 1.86. The molecular formula is C8H14F3NO2S. The van der Waals surface area contributed by atoms with E-state index in [-0.39, 0.29) is 5.75 Å². The Balaban J connectivity index is 4.10. The molecular weight excluding hydrogens is 231 g/mol. The number of carboxylic acid groups (broad SMARTS) is 1. The van der Waals surface area contributed by atoms with Crippen molar-refractivity contribution in [3.8, 4) is 0 Å². The molecule has 0 aliphatic heterocycles. The molecule has 0 radical (unpaired) electrons. The molecule has 0 aliphatic rings. The Morgan fingerprint density at radius 3 is 2.27 bits per heavy atom. The first-order valence-corrected chi connectivity index (χ1v) is 5.24. The van der Waals surface area contributed by atoms with Gasteiger partial charge < -0.3 is 10.8 Å². The summed E-state index contributed by atoms with van der Waals surface area (Å²) in [6.07, 6.45) is -5.15. The Bertz CT molecular complexity index is 230. The lowest BCUT2D eigenvalue weighted by molar-refractivity contribution is -0.139. The molecule has 0 aromatic carbocycles. The first-order chi connectivity index (χ1) is 6.56. The lowest BCUT2D eigenvalue weighted by Gasteiger charge is -2.28. The van der Waals surface area contributed by atoms with Gasteiger partial charge in [-0.2, -0.15) is 24.9 Å². The minimum Gasteiger partial charge on any atom is -0.480 e. The minimum atomic E-state index is -4.21. The molecule has 0 saturated heterocycles. The van der Waals surface area contributed by atoms with Gasteiger partial charge in [-0.1, -0.05) is 0 Å². The summed E-state index contributed by atoms with van der Waals surface area (Å²) < 4.78 is 34.6. The van der Waals surface area contributed by atoms with E-state index in [0.717, 1.165) is 11.8 Å². The van der Waals surface area contributed by atoms with E-state index in [1.54, 1.807) is 0 Å². The zero-order valence-electron chi connectivity index (χ0n) is 8.47. The summed E-state index contributed by atoms with van der Waals surface area (Å²) in [6.45, 7) is 3.04. The highest BCUT2D eigenvalue weighted by molar-refractivity contribution is 8.00. The van der Waals surface area contributed by atoms with Crippen molar-refractivity contribution in [2.75, 3.05) is 5.75 Å². The summed E-state index contributed by atoms with van der Waals surface area (Å²) in [7, 11) is 0. The molecule has 90 valence electrons. The first kappa shape index (κ1) is 14.6. The van der Waals surface area contributed by atoms with Crippen LogP contribution < -0.4 is 5.73 Å². The molecule has 7 heteroatoms. The van der Waals surface area contributed by atoms with Gasteiger partial charge in [0.25, 0.3) is 0 Å². The summed E-state index contributed by atoms with van der Waals surface area (Å²) >= 11 is 0.916. The average Bonchev–Trinajstić information content (AvgIpc) is 1.99. The topological polar surface area (TPSA) is 63.3 Å². The van der Waals surface area contributed by atoms with Gasteiger partial charge in [0.1, 0.15) is 6.04 Å². The van der Waals surface area contributed by atoms with Crippen LogP contribution in [0.4, 0.5) is 13.2 Å². The second-order valence-electron chi connectivity index (χ2n) is 3.63. The fourth-order valence-electron chi connectivity index (χ4n) is 0.817. The SMILES string of the molecule is CC(C)(SCCC(F)(F)F)[C@@H](N)C(=O)O. The van der Waals surface area contributed by atoms with E-state index < -0.39 is 29.4 Å². The van der Waals surface area contributed by atoms with Gasteiger partial charge in [-0.25, -0.2) is 0 Å². The van der Waals surface area contributed by atoms with Crippen molar-refractivity contribution in [1.82, 2.24) is 0 Å². The molecule has 1 atom stereocenters. The summed E-state index contributed by atoms with van der Waals surface area (Å²) in [6, 6.07) is -1.17. The van der Waals surface area contributed by atoms with Gasteiger partial charge in [-0.05, 0) is 13.8 Å². The number of alkyl halides is 3. The van der Waals surface area contributed by atoms with E-state index in [1.165, 1.54) is 13.8 Å². The van der Waals surface area contributed by atoms with Gasteiger partial charge in [-0.3, -0.25) is 4.79 Å². The van der Waals surface area contributed by atoms with Crippen LogP contribution in [0.2, 0.25) is 0 Å². The summed E-state index contributed by atoms with van der Waals surface area (Å²) in [5, 5.41) is 8.62. The van der Waals surface area contributed by atoms with Crippen LogP contribution in [0, 0.1) is 0 Å². The first-order valence-electron chi connectivity index (χ1n) is 4.25. The highest BCUT2D eigenvalue weighted by Gasteiger charge is 2.34. The van der Waals surface area contributed by atoms with E-state index in [4.69, 9.17) is 10.8 Å². The highest BCUT2D eigenvalue weighted by atomic mass is 32.2. The predicted molar refractivity (Wildman–Crippen MR) is 52.8 cm³/mol. The average molecular weight is 245 g/mol. The van der Waals surface area contributed by atoms with E-state index in [1.807, 2.05) is 0 Å². The van der Waals surface area contributed by atoms with Crippen LogP contribution in [0.1, 0.15) is 20.3 Å². The zero-order valence-corrected chi connectivity index (χ0v) is 9.28. The van der Waals surface area contributed by atoms with Crippen molar-refractivity contribution in [2.45, 2.75) is 37.2 Å². The molecule has 0 amide bonds. The molecule has 3 nitrogen and oxygen atoms in total. The van der Waals surface area contributed by atoms with Crippen LogP contribution in [-0.2, 0) is 4.79 Å². The van der Waals surface area contributed by atoms with E-state index >= 15 is 0 Å². The van der Waals surface area contributed by atoms with Crippen molar-refractivity contribution >= 4 is 17.7 Å². The molecule has 0 aliphatic carbocycles. The number of carboxylic acids is 1. The van der Waals surface area contributed by atoms with Gasteiger partial charge >= 0.3 is 12.1 Å². The molecule has 0 rings (SSSR count). The number of hydrogen-bond donors (Lipinski definition) is 2. The highest BCUT2D eigenvalue weighted by Crippen LogP contribution is 2.31. The monoisotopic (exact) mass is 245 g/mol. The molecule has 0 heterocycles. The number of halogens is 3. The summed E-state index contributed by atoms with van der Waals surface area (Å²) in [4.78, 5) is 10.5. The molecule has 0 saturated carbocycles. The molecule has 3 N–H and O–H groups in total. The van der Waals surface area contributed by atoms with Crippen LogP contribution in [0.25, 0.3) is 0 Å². The third-order valence-electron chi connectivity index (χ3n) is 1.87. The Morgan fingerprint density at radius 2 is 1.93 bits per heavy atom. The van der Waals surface area contributed by atoms with Gasteiger partial charge in [0.15, 0.2) is 0 Å². The molecule has 0 bridgehead atoms. The van der Waals surface area contributed by atoms with Crippen LogP contribution in [0.3, 0.4) is 0 Å². The Hall–Kier alpha value is -0.430. The lowest BCUT2D eigenvalue weighted by Crippen LogP contribution is -2.47. The second kappa shape index (κ2) is 5.07. The van der Waals surface area contributed by atoms with Gasteiger partial charge in [0.05, 0.1) is 6.42 Å². The number of nitrogens with two attached hydrogens (primary N) is 1. The standard InChI is InChI=1S/C8H14F3NO2S/c1-7(2,5(12)6(13)14)15-4-3-8(9,10)11/h5H,3-4,12H2,1-2H3,(H,13,14)/t5-/m0/s1. The fourth-order valence-corrected chi connectivity index (χ4v) is 1.96. The summed E-state index contributed by atoms with van der Waals surface area (Å²) in [5.41, 5.74) is 5.34. The number of rotatable bonds is 5. The minimum absolute atomic E-state index is 0.183. The third-order valence-corrected chi connectivity index (χ3v) is 3.28. The van der Waals surface area contributed by atoms with Gasteiger partial charge in [0.2, 0.25) is 0 Å². The smallest absolute Gasteiger partial charge is 0.389 e. The van der Waals surface area contributed by atoms with Crippen molar-refractivity contribution in [3.05, 3.63) is 0 Å². The normalized spacial score (nSPS) is 15.1. The zero-order chi connectivity index (χ0) is 12.3. The fraction of sp³-hybridized carbons (Fsp3) is 0.875. The number of thioether (sulfide) groups is 1. The molecule has 0 unspecified atom stereocenters. The number of carbonyl (C=O) groups is 1. The Morgan fingerprint density at radius 1 is 1.47 bits per heavy atom. The van der Waals surface area contributed by atoms with Crippen molar-refractivity contribution < 1.29 is 23.1 Å². The maximum atomic E-state index is 11.8. The van der Waals surface area contributed by atoms with Gasteiger partial charge in [0, 0.05) is 10.5 Å². The molecule has 15 heavy (non-hydrogen) atoms. The third kappa shape index (κ3) is 5.88. The van der Waals surface area contributed by atoms with Crippen molar-refractivity contribution in [3.63, 3.8) is 0 Å². The molecule has 0 fully saturated rings. The molecule has 0 aromatic heterocycles. The van der Waals surface area contributed by atoms with Crippen LogP contribution >= 0.6 is 11.8 Å². The second-order valence-corrected chi connectivity index (χ2v) is 5.38. The van der Waals surface area contributed by atoms with Crippen LogP contribution in [0.5, 0.6) is 0 Å². The number of hydrogen-bond acceptors (Lipinski definition) is 3. The van der Waals surface area contributed by atoms with Crippen LogP contribution in [-0.4, -0.2) is 33.8 Å². The van der Waals surface area contributed by atoms with Crippen LogP contribution in [0.15, 0.2) is 0 Å². The Labute approximate surface area is 90.2 Å². The largest absolute Gasteiger partial charge is 0.480 e. The maximum absolute atomic E-state index is 11.8. The van der Waals surface area contributed by atoms with E-state index in [0.29, 0.717) is 0 Å². The number of aliphatic carboxylic acids is 1. The van der Waals surface area contributed by atoms with Crippen molar-refractivity contribution in [2.24, 2.45) is 5.73 Å².